The molecule has 108 valence electrons. The largest absolute Gasteiger partial charge is 0.491 e. The number of nitrogens with two attached hydrogens (primary N) is 1. The third kappa shape index (κ3) is 4.10. The second-order valence-electron chi connectivity index (χ2n) is 5.44. The van der Waals surface area contributed by atoms with Gasteiger partial charge < -0.3 is 15.6 Å². The molecule has 0 saturated heterocycles. The van der Waals surface area contributed by atoms with Crippen LogP contribution in [0.5, 0.6) is 5.75 Å². The van der Waals surface area contributed by atoms with E-state index in [1.807, 2.05) is 38.1 Å². The van der Waals surface area contributed by atoms with Crippen molar-refractivity contribution in [3.63, 3.8) is 0 Å². The van der Waals surface area contributed by atoms with Gasteiger partial charge in [0.15, 0.2) is 0 Å². The Morgan fingerprint density at radius 3 is 2.21 bits per heavy atom. The molecule has 0 spiro atoms. The minimum Gasteiger partial charge on any atom is -0.491 e. The molecule has 0 unspecified atom stereocenters. The topological polar surface area (TPSA) is 55.5 Å². The highest BCUT2D eigenvalue weighted by Gasteiger charge is 2.30. The molecule has 3 N–H and O–H groups in total. The van der Waals surface area contributed by atoms with Gasteiger partial charge in [0, 0.05) is 0 Å². The van der Waals surface area contributed by atoms with Crippen molar-refractivity contribution in [2.75, 3.05) is 0 Å². The van der Waals surface area contributed by atoms with E-state index < -0.39 is 6.10 Å². The fourth-order valence-corrected chi connectivity index (χ4v) is 2.31. The maximum Gasteiger partial charge on any atom is 0.119 e. The predicted octanol–water partition coefficient (Wildman–Crippen LogP) is 3.06. The van der Waals surface area contributed by atoms with Crippen LogP contribution < -0.4 is 10.5 Å². The van der Waals surface area contributed by atoms with Crippen LogP contribution in [0.25, 0.3) is 0 Å². The third-order valence-corrected chi connectivity index (χ3v) is 3.64. The Bertz CT molecular complexity index is 376. The van der Waals surface area contributed by atoms with Gasteiger partial charge in [0.25, 0.3) is 0 Å². The molecular weight excluding hydrogens is 262 g/mol. The zero-order valence-corrected chi connectivity index (χ0v) is 12.4. The van der Waals surface area contributed by atoms with E-state index in [0.29, 0.717) is 5.92 Å². The van der Waals surface area contributed by atoms with Crippen LogP contribution >= 0.6 is 12.4 Å². The standard InChI is InChI=1S/C15H23NO2.ClH/c1-10(2)18-13-8-6-11(7-9-13)14(16)15(17)12-4-3-5-12;/h6-10,12,14-15,17H,3-5,16H2,1-2H3;1H/t14-,15+;/m0./s1. The van der Waals surface area contributed by atoms with Crippen LogP contribution in [0.2, 0.25) is 0 Å². The maximum absolute atomic E-state index is 10.1. The average Bonchev–Trinajstić information content (AvgIpc) is 2.26. The summed E-state index contributed by atoms with van der Waals surface area (Å²) in [7, 11) is 0. The van der Waals surface area contributed by atoms with Gasteiger partial charge in [-0.05, 0) is 50.3 Å². The predicted molar refractivity (Wildman–Crippen MR) is 79.7 cm³/mol. The lowest BCUT2D eigenvalue weighted by atomic mass is 9.77. The summed E-state index contributed by atoms with van der Waals surface area (Å²) in [5.41, 5.74) is 7.09. The van der Waals surface area contributed by atoms with Gasteiger partial charge in [0.2, 0.25) is 0 Å². The Morgan fingerprint density at radius 2 is 1.79 bits per heavy atom. The molecule has 0 heterocycles. The molecular formula is C15H24ClNO2. The summed E-state index contributed by atoms with van der Waals surface area (Å²) in [5, 5.41) is 10.1. The van der Waals surface area contributed by atoms with Gasteiger partial charge in [-0.25, -0.2) is 0 Å². The fourth-order valence-electron chi connectivity index (χ4n) is 2.31. The highest BCUT2D eigenvalue weighted by Crippen LogP contribution is 2.34. The number of halogens is 1. The molecule has 4 heteroatoms. The molecule has 0 bridgehead atoms. The summed E-state index contributed by atoms with van der Waals surface area (Å²) < 4.78 is 5.59. The first-order valence-corrected chi connectivity index (χ1v) is 6.78. The minimum absolute atomic E-state index is 0. The van der Waals surface area contributed by atoms with Crippen LogP contribution in [0.1, 0.15) is 44.7 Å². The van der Waals surface area contributed by atoms with E-state index >= 15 is 0 Å². The Kier molecular flexibility index (Phi) is 6.11. The van der Waals surface area contributed by atoms with Crippen molar-refractivity contribution in [2.24, 2.45) is 11.7 Å². The van der Waals surface area contributed by atoms with Crippen molar-refractivity contribution < 1.29 is 9.84 Å². The molecule has 3 nitrogen and oxygen atoms in total. The van der Waals surface area contributed by atoms with Crippen LogP contribution in [-0.4, -0.2) is 17.3 Å². The van der Waals surface area contributed by atoms with Crippen LogP contribution in [0.4, 0.5) is 0 Å². The van der Waals surface area contributed by atoms with E-state index in [0.717, 1.165) is 24.2 Å². The summed E-state index contributed by atoms with van der Waals surface area (Å²) in [4.78, 5) is 0. The van der Waals surface area contributed by atoms with Gasteiger partial charge in [-0.1, -0.05) is 18.6 Å². The van der Waals surface area contributed by atoms with Crippen LogP contribution in [0.15, 0.2) is 24.3 Å². The van der Waals surface area contributed by atoms with Gasteiger partial charge in [-0.15, -0.1) is 12.4 Å². The quantitative estimate of drug-likeness (QED) is 0.874. The van der Waals surface area contributed by atoms with Crippen molar-refractivity contribution in [3.05, 3.63) is 29.8 Å². The summed E-state index contributed by atoms with van der Waals surface area (Å²) in [6.45, 7) is 4.00. The second-order valence-corrected chi connectivity index (χ2v) is 5.44. The van der Waals surface area contributed by atoms with E-state index in [4.69, 9.17) is 10.5 Å². The lowest BCUT2D eigenvalue weighted by Gasteiger charge is -2.33. The average molecular weight is 286 g/mol. The summed E-state index contributed by atoms with van der Waals surface area (Å²) in [5.74, 6) is 1.23. The molecule has 1 fully saturated rings. The van der Waals surface area contributed by atoms with E-state index in [1.165, 1.54) is 6.42 Å². The minimum atomic E-state index is -0.421. The number of ether oxygens (including phenoxy) is 1. The van der Waals surface area contributed by atoms with E-state index in [2.05, 4.69) is 0 Å². The van der Waals surface area contributed by atoms with Crippen molar-refractivity contribution >= 4 is 12.4 Å². The number of aliphatic hydroxyl groups excluding tert-OH is 1. The summed E-state index contributed by atoms with van der Waals surface area (Å²) in [6, 6.07) is 7.45. The van der Waals surface area contributed by atoms with E-state index in [-0.39, 0.29) is 24.6 Å². The Hall–Kier alpha value is -0.770. The first-order valence-electron chi connectivity index (χ1n) is 6.78. The second kappa shape index (κ2) is 7.13. The Balaban J connectivity index is 0.00000180. The number of hydrogen-bond donors (Lipinski definition) is 2. The lowest BCUT2D eigenvalue weighted by Crippen LogP contribution is -2.36. The molecule has 0 aromatic heterocycles. The summed E-state index contributed by atoms with van der Waals surface area (Å²) in [6.07, 6.45) is 3.17. The van der Waals surface area contributed by atoms with Gasteiger partial charge in [-0.3, -0.25) is 0 Å². The van der Waals surface area contributed by atoms with Gasteiger partial charge in [0.05, 0.1) is 18.2 Å². The van der Waals surface area contributed by atoms with E-state index in [1.54, 1.807) is 0 Å². The number of hydrogen-bond acceptors (Lipinski definition) is 3. The number of rotatable bonds is 5. The maximum atomic E-state index is 10.1. The Labute approximate surface area is 121 Å². The highest BCUT2D eigenvalue weighted by molar-refractivity contribution is 5.85. The molecule has 1 aromatic rings. The van der Waals surface area contributed by atoms with Crippen LogP contribution in [0.3, 0.4) is 0 Å². The molecule has 1 aliphatic rings. The number of benzene rings is 1. The highest BCUT2D eigenvalue weighted by atomic mass is 35.5. The molecule has 1 saturated carbocycles. The van der Waals surface area contributed by atoms with Crippen LogP contribution in [0, 0.1) is 5.92 Å². The van der Waals surface area contributed by atoms with E-state index in [9.17, 15) is 5.11 Å². The van der Waals surface area contributed by atoms with Crippen molar-refractivity contribution in [1.82, 2.24) is 0 Å². The van der Waals surface area contributed by atoms with Crippen molar-refractivity contribution in [3.8, 4) is 5.75 Å². The molecule has 0 radical (unpaired) electrons. The zero-order valence-electron chi connectivity index (χ0n) is 11.6. The molecule has 2 atom stereocenters. The zero-order chi connectivity index (χ0) is 13.1. The monoisotopic (exact) mass is 285 g/mol. The van der Waals surface area contributed by atoms with Gasteiger partial charge in [-0.2, -0.15) is 0 Å². The lowest BCUT2D eigenvalue weighted by molar-refractivity contribution is 0.0413. The van der Waals surface area contributed by atoms with Gasteiger partial charge in [0.1, 0.15) is 5.75 Å². The SMILES string of the molecule is CC(C)Oc1ccc([C@H](N)[C@H](O)C2CCC2)cc1.Cl. The number of aliphatic hydroxyl groups is 1. The normalized spacial score (nSPS) is 18.4. The first kappa shape index (κ1) is 16.3. The molecule has 2 rings (SSSR count). The molecule has 1 aromatic carbocycles. The smallest absolute Gasteiger partial charge is 0.119 e. The molecule has 1 aliphatic carbocycles. The first-order chi connectivity index (χ1) is 8.58. The fraction of sp³-hybridized carbons (Fsp3) is 0.600. The summed E-state index contributed by atoms with van der Waals surface area (Å²) >= 11 is 0. The molecule has 0 aliphatic heterocycles. The molecule has 19 heavy (non-hydrogen) atoms. The third-order valence-electron chi connectivity index (χ3n) is 3.64. The van der Waals surface area contributed by atoms with Crippen LogP contribution in [-0.2, 0) is 0 Å². The Morgan fingerprint density at radius 1 is 1.21 bits per heavy atom. The van der Waals surface area contributed by atoms with Crippen molar-refractivity contribution in [1.29, 1.82) is 0 Å². The molecule has 0 amide bonds. The van der Waals surface area contributed by atoms with Gasteiger partial charge >= 0.3 is 0 Å². The van der Waals surface area contributed by atoms with Crippen molar-refractivity contribution in [2.45, 2.75) is 51.4 Å².